The molecule has 1 unspecified atom stereocenters. The topological polar surface area (TPSA) is 85.4 Å². The van der Waals surface area contributed by atoms with Gasteiger partial charge in [0.25, 0.3) is 5.91 Å². The van der Waals surface area contributed by atoms with Crippen molar-refractivity contribution in [2.75, 3.05) is 37.8 Å². The van der Waals surface area contributed by atoms with E-state index in [1.54, 1.807) is 55.6 Å². The summed E-state index contributed by atoms with van der Waals surface area (Å²) in [5.41, 5.74) is -2.63. The minimum absolute atomic E-state index is 0.0201. The lowest BCUT2D eigenvalue weighted by atomic mass is 9.62. The highest BCUT2D eigenvalue weighted by Crippen LogP contribution is 2.59. The van der Waals surface area contributed by atoms with Gasteiger partial charge in [-0.2, -0.15) is 0 Å². The van der Waals surface area contributed by atoms with Crippen LogP contribution in [0.3, 0.4) is 0 Å². The summed E-state index contributed by atoms with van der Waals surface area (Å²) in [5.74, 6) is -2.32. The minimum Gasteiger partial charge on any atom is -0.468 e. The summed E-state index contributed by atoms with van der Waals surface area (Å²) in [6.45, 7) is -0.0201. The third kappa shape index (κ3) is 2.61. The molecule has 1 fully saturated rings. The van der Waals surface area contributed by atoms with E-state index < -0.39 is 28.8 Å². The van der Waals surface area contributed by atoms with Gasteiger partial charge in [0, 0.05) is 29.7 Å². The molecule has 1 spiro atoms. The predicted molar refractivity (Wildman–Crippen MR) is 112 cm³/mol. The Labute approximate surface area is 184 Å². The molecule has 162 valence electrons. The molecule has 0 bridgehead atoms. The fraction of sp³-hybridized carbons (Fsp3) is 0.318. The average molecular weight is 445 g/mol. The van der Waals surface area contributed by atoms with Gasteiger partial charge in [-0.1, -0.05) is 29.8 Å². The van der Waals surface area contributed by atoms with Crippen LogP contribution in [-0.4, -0.2) is 45.7 Å². The third-order valence-electron chi connectivity index (χ3n) is 6.00. The Morgan fingerprint density at radius 3 is 2.32 bits per heavy atom. The Hall–Kier alpha value is -3.10. The summed E-state index contributed by atoms with van der Waals surface area (Å²) in [6.07, 6.45) is -0.124. The van der Waals surface area contributed by atoms with Crippen molar-refractivity contribution in [1.29, 1.82) is 0 Å². The van der Waals surface area contributed by atoms with Crippen molar-refractivity contribution in [3.05, 3.63) is 59.1 Å². The smallest absolute Gasteiger partial charge is 0.326 e. The Morgan fingerprint density at radius 1 is 1.06 bits per heavy atom. The first kappa shape index (κ1) is 21.1. The van der Waals surface area contributed by atoms with Crippen LogP contribution >= 0.6 is 11.6 Å². The van der Waals surface area contributed by atoms with Crippen LogP contribution in [0.25, 0.3) is 0 Å². The van der Waals surface area contributed by atoms with Crippen LogP contribution in [0.5, 0.6) is 0 Å². The monoisotopic (exact) mass is 444 g/mol. The normalized spacial score (nSPS) is 21.7. The van der Waals surface area contributed by atoms with Gasteiger partial charge >= 0.3 is 11.9 Å². The number of ether oxygens (including phenoxy) is 2. The molecular weight excluding hydrogens is 424 g/mol. The highest BCUT2D eigenvalue weighted by atomic mass is 35.5. The van der Waals surface area contributed by atoms with Crippen LogP contribution in [0.2, 0.25) is 5.02 Å². The summed E-state index contributed by atoms with van der Waals surface area (Å²) in [5, 5.41) is 1.66. The molecule has 0 aromatic heterocycles. The number of anilines is 2. The zero-order valence-corrected chi connectivity index (χ0v) is 18.0. The number of fused-ring (bicyclic) bond motifs is 2. The van der Waals surface area contributed by atoms with E-state index in [4.69, 9.17) is 25.9 Å². The Morgan fingerprint density at radius 2 is 1.71 bits per heavy atom. The first-order valence-electron chi connectivity index (χ1n) is 9.59. The number of methoxy groups -OCH3 is 2. The van der Waals surface area contributed by atoms with Crippen LogP contribution in [0, 0.1) is 5.41 Å². The van der Waals surface area contributed by atoms with Crippen LogP contribution < -0.4 is 9.96 Å². The molecule has 8 nitrogen and oxygen atoms in total. The van der Waals surface area contributed by atoms with Gasteiger partial charge in [-0.25, -0.2) is 5.06 Å². The van der Waals surface area contributed by atoms with E-state index in [2.05, 4.69) is 0 Å². The maximum atomic E-state index is 14.0. The van der Waals surface area contributed by atoms with Gasteiger partial charge in [-0.05, 0) is 30.3 Å². The molecule has 2 aromatic rings. The number of amides is 1. The Kier molecular flexibility index (Phi) is 5.15. The highest BCUT2D eigenvalue weighted by Gasteiger charge is 2.76. The SMILES string of the molecule is COC(=O)C1(C(=O)OC)CCON(c2ccccc2)C12C(=O)N(C)c1ccc(Cl)cc12. The van der Waals surface area contributed by atoms with Crippen molar-refractivity contribution in [3.8, 4) is 0 Å². The predicted octanol–water partition coefficient (Wildman–Crippen LogP) is 2.69. The molecule has 1 amide bonds. The zero-order valence-electron chi connectivity index (χ0n) is 17.3. The van der Waals surface area contributed by atoms with Crippen LogP contribution in [-0.2, 0) is 34.2 Å². The maximum Gasteiger partial charge on any atom is 0.326 e. The van der Waals surface area contributed by atoms with E-state index in [0.717, 1.165) is 0 Å². The van der Waals surface area contributed by atoms with E-state index in [1.165, 1.54) is 24.2 Å². The molecule has 0 aliphatic carbocycles. The van der Waals surface area contributed by atoms with E-state index >= 15 is 0 Å². The van der Waals surface area contributed by atoms with Crippen LogP contribution in [0.15, 0.2) is 48.5 Å². The number of rotatable bonds is 3. The van der Waals surface area contributed by atoms with Crippen LogP contribution in [0.4, 0.5) is 11.4 Å². The number of halogens is 1. The van der Waals surface area contributed by atoms with E-state index in [1.807, 2.05) is 0 Å². The summed E-state index contributed by atoms with van der Waals surface area (Å²) in [7, 11) is 3.91. The molecule has 9 heteroatoms. The van der Waals surface area contributed by atoms with Gasteiger partial charge in [0.15, 0.2) is 5.54 Å². The summed E-state index contributed by atoms with van der Waals surface area (Å²) in [6, 6.07) is 13.7. The standard InChI is InChI=1S/C22H21ClN2O6/c1-24-17-10-9-14(23)13-16(17)22(18(24)26)21(19(27)29-2,20(28)30-3)11-12-31-25(22)15-7-5-4-6-8-15/h4-10,13H,11-12H2,1-3H3. The average Bonchev–Trinajstić information content (AvgIpc) is 3.01. The molecule has 2 aliphatic rings. The Balaban J connectivity index is 2.16. The minimum atomic E-state index is -2.04. The molecule has 0 radical (unpaired) electrons. The van der Waals surface area contributed by atoms with Gasteiger partial charge in [-0.3, -0.25) is 19.2 Å². The van der Waals surface area contributed by atoms with E-state index in [0.29, 0.717) is 22.0 Å². The quantitative estimate of drug-likeness (QED) is 0.531. The van der Waals surface area contributed by atoms with Gasteiger partial charge in [0.1, 0.15) is 0 Å². The second kappa shape index (κ2) is 7.55. The van der Waals surface area contributed by atoms with Gasteiger partial charge < -0.3 is 14.4 Å². The molecule has 2 aromatic carbocycles. The number of hydrogen-bond donors (Lipinski definition) is 0. The summed E-state index contributed by atoms with van der Waals surface area (Å²) in [4.78, 5) is 48.1. The van der Waals surface area contributed by atoms with Crippen molar-refractivity contribution in [2.24, 2.45) is 5.41 Å². The lowest BCUT2D eigenvalue weighted by Gasteiger charge is -2.52. The number of esters is 2. The molecule has 0 N–H and O–H groups in total. The van der Waals surface area contributed by atoms with Crippen LogP contribution in [0.1, 0.15) is 12.0 Å². The van der Waals surface area contributed by atoms with Crippen molar-refractivity contribution in [3.63, 3.8) is 0 Å². The largest absolute Gasteiger partial charge is 0.468 e. The molecule has 4 rings (SSSR count). The third-order valence-corrected chi connectivity index (χ3v) is 6.24. The number of benzene rings is 2. The number of likely N-dealkylation sites (N-methyl/N-ethyl adjacent to an activating group) is 1. The van der Waals surface area contributed by atoms with Gasteiger partial charge in [-0.15, -0.1) is 0 Å². The lowest BCUT2D eigenvalue weighted by molar-refractivity contribution is -0.191. The molecule has 2 heterocycles. The summed E-state index contributed by atoms with van der Waals surface area (Å²) >= 11 is 6.31. The molecular formula is C22H21ClN2O6. The number of para-hydroxylation sites is 1. The lowest BCUT2D eigenvalue weighted by Crippen LogP contribution is -2.71. The number of hydroxylamine groups is 1. The number of carbonyl (C=O) groups excluding carboxylic acids is 3. The molecule has 31 heavy (non-hydrogen) atoms. The summed E-state index contributed by atoms with van der Waals surface area (Å²) < 4.78 is 10.2. The fourth-order valence-corrected chi connectivity index (χ4v) is 4.84. The second-order valence-electron chi connectivity index (χ2n) is 7.34. The number of hydrogen-bond acceptors (Lipinski definition) is 7. The molecule has 0 saturated carbocycles. The van der Waals surface area contributed by atoms with E-state index in [-0.39, 0.29) is 13.0 Å². The van der Waals surface area contributed by atoms with Crippen molar-refractivity contribution in [2.45, 2.75) is 12.0 Å². The molecule has 1 saturated heterocycles. The first-order chi connectivity index (χ1) is 14.9. The zero-order chi connectivity index (χ0) is 22.4. The van der Waals surface area contributed by atoms with Gasteiger partial charge in [0.05, 0.1) is 26.5 Å². The van der Waals surface area contributed by atoms with Gasteiger partial charge in [0.2, 0.25) is 5.41 Å². The highest BCUT2D eigenvalue weighted by molar-refractivity contribution is 6.31. The van der Waals surface area contributed by atoms with Crippen molar-refractivity contribution in [1.82, 2.24) is 0 Å². The first-order valence-corrected chi connectivity index (χ1v) is 9.97. The number of carbonyl (C=O) groups is 3. The van der Waals surface area contributed by atoms with Crippen molar-refractivity contribution < 1.29 is 28.7 Å². The molecule has 2 aliphatic heterocycles. The second-order valence-corrected chi connectivity index (χ2v) is 7.77. The fourth-order valence-electron chi connectivity index (χ4n) is 4.67. The maximum absolute atomic E-state index is 14.0. The van der Waals surface area contributed by atoms with E-state index in [9.17, 15) is 14.4 Å². The Bertz CT molecular complexity index is 1040. The number of nitrogens with zero attached hydrogens (tertiary/aromatic N) is 2. The molecule has 1 atom stereocenters. The van der Waals surface area contributed by atoms with Crippen molar-refractivity contribution >= 4 is 40.8 Å².